The minimum Gasteiger partial charge on any atom is -0.385 e. The maximum Gasteiger partial charge on any atom is 0.133 e. The number of rotatable bonds is 5. The van der Waals surface area contributed by atoms with Gasteiger partial charge in [-0.3, -0.25) is 9.69 Å². The van der Waals surface area contributed by atoms with Crippen LogP contribution >= 0.6 is 0 Å². The van der Waals surface area contributed by atoms with Gasteiger partial charge >= 0.3 is 0 Å². The number of hydrogen-bond donors (Lipinski definition) is 1. The second kappa shape index (κ2) is 6.51. The number of Topliss-reactive ketones (excluding diaryl/α,β-unsaturated/α-hetero) is 1. The third kappa shape index (κ3) is 3.47. The maximum atomic E-state index is 11.3. The Labute approximate surface area is 121 Å². The number of aliphatic hydroxyl groups is 1. The van der Waals surface area contributed by atoms with Gasteiger partial charge in [0.05, 0.1) is 5.60 Å². The van der Waals surface area contributed by atoms with Crippen molar-refractivity contribution in [3.05, 3.63) is 35.4 Å². The molecule has 1 fully saturated rings. The molecule has 20 heavy (non-hydrogen) atoms. The first kappa shape index (κ1) is 15.2. The van der Waals surface area contributed by atoms with E-state index in [1.54, 1.807) is 0 Å². The van der Waals surface area contributed by atoms with Crippen molar-refractivity contribution in [1.29, 1.82) is 0 Å². The van der Waals surface area contributed by atoms with Crippen LogP contribution in [0.3, 0.4) is 0 Å². The van der Waals surface area contributed by atoms with Crippen LogP contribution in [0.4, 0.5) is 0 Å². The summed E-state index contributed by atoms with van der Waals surface area (Å²) >= 11 is 0. The van der Waals surface area contributed by atoms with E-state index in [-0.39, 0.29) is 5.78 Å². The average molecular weight is 275 g/mol. The van der Waals surface area contributed by atoms with E-state index in [2.05, 4.69) is 30.9 Å². The van der Waals surface area contributed by atoms with Crippen LogP contribution in [0.25, 0.3) is 0 Å². The Kier molecular flexibility index (Phi) is 4.95. The smallest absolute Gasteiger partial charge is 0.133 e. The van der Waals surface area contributed by atoms with Crippen molar-refractivity contribution in [3.63, 3.8) is 0 Å². The second-order valence-corrected chi connectivity index (χ2v) is 5.73. The Bertz CT molecular complexity index is 439. The van der Waals surface area contributed by atoms with Crippen LogP contribution in [-0.4, -0.2) is 28.9 Å². The molecule has 0 atom stereocenters. The van der Waals surface area contributed by atoms with Crippen molar-refractivity contribution in [2.75, 3.05) is 13.1 Å². The molecule has 1 aromatic rings. The van der Waals surface area contributed by atoms with E-state index in [9.17, 15) is 9.90 Å². The van der Waals surface area contributed by atoms with E-state index in [0.29, 0.717) is 25.7 Å². The monoisotopic (exact) mass is 275 g/mol. The van der Waals surface area contributed by atoms with Crippen LogP contribution in [-0.2, 0) is 16.9 Å². The first-order valence-corrected chi connectivity index (χ1v) is 7.63. The van der Waals surface area contributed by atoms with Crippen LogP contribution in [0.2, 0.25) is 0 Å². The Hall–Kier alpha value is -1.19. The maximum absolute atomic E-state index is 11.3. The van der Waals surface area contributed by atoms with E-state index >= 15 is 0 Å². The molecule has 1 saturated carbocycles. The molecule has 3 nitrogen and oxygen atoms in total. The molecule has 1 aliphatic carbocycles. The molecule has 2 rings (SSSR count). The van der Waals surface area contributed by atoms with Crippen LogP contribution in [0.5, 0.6) is 0 Å². The van der Waals surface area contributed by atoms with Crippen molar-refractivity contribution in [1.82, 2.24) is 4.90 Å². The normalized spacial score (nSPS) is 18.5. The zero-order valence-electron chi connectivity index (χ0n) is 12.6. The summed E-state index contributed by atoms with van der Waals surface area (Å²) in [4.78, 5) is 13.7. The fraction of sp³-hybridized carbons (Fsp3) is 0.588. The molecule has 0 heterocycles. The summed E-state index contributed by atoms with van der Waals surface area (Å²) in [5, 5.41) is 10.7. The number of benzene rings is 1. The molecular weight excluding hydrogens is 250 g/mol. The fourth-order valence-electron chi connectivity index (χ4n) is 2.86. The number of ketones is 1. The fourth-order valence-corrected chi connectivity index (χ4v) is 2.86. The third-order valence-electron chi connectivity index (χ3n) is 4.43. The van der Waals surface area contributed by atoms with Gasteiger partial charge < -0.3 is 5.11 Å². The Balaban J connectivity index is 2.06. The Morgan fingerprint density at radius 2 is 1.65 bits per heavy atom. The lowest BCUT2D eigenvalue weighted by Gasteiger charge is -2.32. The van der Waals surface area contributed by atoms with Crippen molar-refractivity contribution < 1.29 is 9.90 Å². The number of nitrogens with zero attached hydrogens (tertiary/aromatic N) is 1. The van der Waals surface area contributed by atoms with Crippen LogP contribution < -0.4 is 0 Å². The predicted molar refractivity (Wildman–Crippen MR) is 80.4 cm³/mol. The second-order valence-electron chi connectivity index (χ2n) is 5.73. The van der Waals surface area contributed by atoms with Gasteiger partial charge in [0.25, 0.3) is 0 Å². The first-order valence-electron chi connectivity index (χ1n) is 7.63. The van der Waals surface area contributed by atoms with E-state index in [4.69, 9.17) is 0 Å². The summed E-state index contributed by atoms with van der Waals surface area (Å²) in [6.07, 6.45) is 2.11. The van der Waals surface area contributed by atoms with Crippen LogP contribution in [0.1, 0.15) is 50.7 Å². The van der Waals surface area contributed by atoms with E-state index in [1.165, 1.54) is 5.56 Å². The molecule has 0 bridgehead atoms. The van der Waals surface area contributed by atoms with Crippen molar-refractivity contribution in [2.24, 2.45) is 0 Å². The molecule has 1 aromatic carbocycles. The lowest BCUT2D eigenvalue weighted by molar-refractivity contribution is -0.125. The highest BCUT2D eigenvalue weighted by Gasteiger charge is 2.33. The average Bonchev–Trinajstić information content (AvgIpc) is 2.48. The molecule has 0 aromatic heterocycles. The van der Waals surface area contributed by atoms with Gasteiger partial charge in [-0.25, -0.2) is 0 Å². The number of carbonyl (C=O) groups excluding carboxylic acids is 1. The first-order chi connectivity index (χ1) is 9.57. The summed E-state index contributed by atoms with van der Waals surface area (Å²) < 4.78 is 0. The molecule has 1 aliphatic rings. The van der Waals surface area contributed by atoms with E-state index in [0.717, 1.165) is 25.2 Å². The third-order valence-corrected chi connectivity index (χ3v) is 4.43. The summed E-state index contributed by atoms with van der Waals surface area (Å²) in [7, 11) is 0. The molecular formula is C17H25NO2. The SMILES string of the molecule is CCN(CC)Cc1ccc(C2(O)CCC(=O)CC2)cc1. The quantitative estimate of drug-likeness (QED) is 0.898. The molecule has 3 heteroatoms. The highest BCUT2D eigenvalue weighted by molar-refractivity contribution is 5.79. The highest BCUT2D eigenvalue weighted by Crippen LogP contribution is 2.35. The van der Waals surface area contributed by atoms with Gasteiger partial charge in [0.15, 0.2) is 0 Å². The Morgan fingerprint density at radius 1 is 1.10 bits per heavy atom. The lowest BCUT2D eigenvalue weighted by atomic mass is 9.79. The molecule has 0 unspecified atom stereocenters. The summed E-state index contributed by atoms with van der Waals surface area (Å²) in [6, 6.07) is 8.24. The largest absolute Gasteiger partial charge is 0.385 e. The molecule has 0 amide bonds. The number of carbonyl (C=O) groups is 1. The van der Waals surface area contributed by atoms with Gasteiger partial charge in [0.2, 0.25) is 0 Å². The summed E-state index contributed by atoms with van der Waals surface area (Å²) in [5.74, 6) is 0.271. The van der Waals surface area contributed by atoms with Crippen LogP contribution in [0, 0.1) is 0 Å². The van der Waals surface area contributed by atoms with Crippen molar-refractivity contribution in [2.45, 2.75) is 51.7 Å². The highest BCUT2D eigenvalue weighted by atomic mass is 16.3. The molecule has 110 valence electrons. The topological polar surface area (TPSA) is 40.5 Å². The van der Waals surface area contributed by atoms with Gasteiger partial charge in [-0.2, -0.15) is 0 Å². The van der Waals surface area contributed by atoms with Gasteiger partial charge in [-0.05, 0) is 37.1 Å². The van der Waals surface area contributed by atoms with Gasteiger partial charge in [0.1, 0.15) is 5.78 Å². The zero-order chi connectivity index (χ0) is 14.6. The van der Waals surface area contributed by atoms with E-state index < -0.39 is 5.60 Å². The molecule has 0 aliphatic heterocycles. The summed E-state index contributed by atoms with van der Waals surface area (Å²) in [5.41, 5.74) is 1.42. The van der Waals surface area contributed by atoms with E-state index in [1.807, 2.05) is 12.1 Å². The molecule has 1 N–H and O–H groups in total. The zero-order valence-corrected chi connectivity index (χ0v) is 12.6. The number of hydrogen-bond acceptors (Lipinski definition) is 3. The van der Waals surface area contributed by atoms with Crippen molar-refractivity contribution >= 4 is 5.78 Å². The molecule has 0 saturated heterocycles. The Morgan fingerprint density at radius 3 is 2.15 bits per heavy atom. The molecule has 0 spiro atoms. The van der Waals surface area contributed by atoms with Gasteiger partial charge in [-0.15, -0.1) is 0 Å². The minimum absolute atomic E-state index is 0.271. The lowest BCUT2D eigenvalue weighted by Crippen LogP contribution is -2.31. The minimum atomic E-state index is -0.804. The summed E-state index contributed by atoms with van der Waals surface area (Å²) in [6.45, 7) is 7.37. The van der Waals surface area contributed by atoms with Crippen LogP contribution in [0.15, 0.2) is 24.3 Å². The predicted octanol–water partition coefficient (Wildman–Crippen LogP) is 2.86. The van der Waals surface area contributed by atoms with Gasteiger partial charge in [0, 0.05) is 19.4 Å². The van der Waals surface area contributed by atoms with Gasteiger partial charge in [-0.1, -0.05) is 38.1 Å². The van der Waals surface area contributed by atoms with Crippen molar-refractivity contribution in [3.8, 4) is 0 Å². The molecule has 0 radical (unpaired) electrons. The standard InChI is InChI=1S/C17H25NO2/c1-3-18(4-2)13-14-5-7-15(8-6-14)17(20)11-9-16(19)10-12-17/h5-8,20H,3-4,9-13H2,1-2H3.